The maximum Gasteiger partial charge on any atom is 0.164 e. The highest BCUT2D eigenvalue weighted by atomic mass is 16.5. The number of nitrogens with two attached hydrogens (primary N) is 1. The number of benzene rings is 1. The molecule has 0 bridgehead atoms. The Morgan fingerprint density at radius 1 is 1.38 bits per heavy atom. The summed E-state index contributed by atoms with van der Waals surface area (Å²) in [6.07, 6.45) is 1.78. The van der Waals surface area contributed by atoms with E-state index in [1.165, 1.54) is 0 Å². The molecule has 16 heavy (non-hydrogen) atoms. The Hall–Kier alpha value is -1.22. The van der Waals surface area contributed by atoms with Crippen molar-refractivity contribution in [1.82, 2.24) is 0 Å². The predicted octanol–water partition coefficient (Wildman–Crippen LogP) is 2.37. The van der Waals surface area contributed by atoms with Crippen LogP contribution in [-0.4, -0.2) is 19.8 Å². The molecule has 3 nitrogen and oxygen atoms in total. The van der Waals surface area contributed by atoms with Crippen LogP contribution in [0.15, 0.2) is 18.2 Å². The lowest BCUT2D eigenvalue weighted by Gasteiger charge is -2.15. The van der Waals surface area contributed by atoms with E-state index in [2.05, 4.69) is 6.92 Å². The lowest BCUT2D eigenvalue weighted by Crippen LogP contribution is -2.18. The first-order valence-electron chi connectivity index (χ1n) is 5.73. The fourth-order valence-electron chi connectivity index (χ4n) is 1.60. The highest BCUT2D eigenvalue weighted by Crippen LogP contribution is 2.31. The standard InChI is InChI=1S/C13H21NO2/c1-4-8-16-13-11(9-10(2)14)6-5-7-12(13)15-3/h5-7,10H,4,8-9,14H2,1-3H3. The van der Waals surface area contributed by atoms with E-state index in [0.717, 1.165) is 29.9 Å². The minimum atomic E-state index is 0.121. The first kappa shape index (κ1) is 12.8. The molecule has 0 aliphatic carbocycles. The fourth-order valence-corrected chi connectivity index (χ4v) is 1.60. The monoisotopic (exact) mass is 223 g/mol. The molecule has 2 N–H and O–H groups in total. The Morgan fingerprint density at radius 2 is 2.12 bits per heavy atom. The first-order valence-corrected chi connectivity index (χ1v) is 5.73. The zero-order chi connectivity index (χ0) is 12.0. The molecule has 3 heteroatoms. The summed E-state index contributed by atoms with van der Waals surface area (Å²) in [5.74, 6) is 1.62. The summed E-state index contributed by atoms with van der Waals surface area (Å²) >= 11 is 0. The van der Waals surface area contributed by atoms with Gasteiger partial charge in [0.25, 0.3) is 0 Å². The van der Waals surface area contributed by atoms with Gasteiger partial charge in [-0.15, -0.1) is 0 Å². The van der Waals surface area contributed by atoms with Gasteiger partial charge in [0.05, 0.1) is 13.7 Å². The summed E-state index contributed by atoms with van der Waals surface area (Å²) in [7, 11) is 1.66. The molecule has 0 amide bonds. The molecule has 0 radical (unpaired) electrons. The van der Waals surface area contributed by atoms with Gasteiger partial charge in [0.15, 0.2) is 11.5 Å². The van der Waals surface area contributed by atoms with Gasteiger partial charge in [-0.25, -0.2) is 0 Å². The smallest absolute Gasteiger partial charge is 0.164 e. The third-order valence-corrected chi connectivity index (χ3v) is 2.27. The normalized spacial score (nSPS) is 12.2. The van der Waals surface area contributed by atoms with Crippen LogP contribution in [0.4, 0.5) is 0 Å². The molecule has 1 atom stereocenters. The average molecular weight is 223 g/mol. The maximum atomic E-state index is 5.82. The molecule has 0 saturated heterocycles. The Balaban J connectivity index is 2.95. The fraction of sp³-hybridized carbons (Fsp3) is 0.538. The van der Waals surface area contributed by atoms with Crippen molar-refractivity contribution in [3.05, 3.63) is 23.8 Å². The molecule has 0 fully saturated rings. The van der Waals surface area contributed by atoms with Gasteiger partial charge in [-0.05, 0) is 31.4 Å². The van der Waals surface area contributed by atoms with Gasteiger partial charge in [-0.1, -0.05) is 19.1 Å². The average Bonchev–Trinajstić information content (AvgIpc) is 2.26. The van der Waals surface area contributed by atoms with Gasteiger partial charge in [0, 0.05) is 6.04 Å². The van der Waals surface area contributed by atoms with E-state index in [1.54, 1.807) is 7.11 Å². The van der Waals surface area contributed by atoms with Crippen LogP contribution in [0, 0.1) is 0 Å². The van der Waals surface area contributed by atoms with E-state index >= 15 is 0 Å². The van der Waals surface area contributed by atoms with Crippen LogP contribution in [0.5, 0.6) is 11.5 Å². The van der Waals surface area contributed by atoms with E-state index in [-0.39, 0.29) is 6.04 Å². The van der Waals surface area contributed by atoms with Crippen LogP contribution in [0.2, 0.25) is 0 Å². The van der Waals surface area contributed by atoms with Gasteiger partial charge in [-0.2, -0.15) is 0 Å². The Bertz CT molecular complexity index is 324. The van der Waals surface area contributed by atoms with E-state index in [0.29, 0.717) is 6.61 Å². The Labute approximate surface area is 97.6 Å². The molecule has 1 unspecified atom stereocenters. The van der Waals surface area contributed by atoms with Crippen molar-refractivity contribution in [2.45, 2.75) is 32.7 Å². The van der Waals surface area contributed by atoms with Crippen molar-refractivity contribution in [3.63, 3.8) is 0 Å². The Kier molecular flexibility index (Phi) is 5.12. The van der Waals surface area contributed by atoms with Gasteiger partial charge in [0.1, 0.15) is 0 Å². The third-order valence-electron chi connectivity index (χ3n) is 2.27. The van der Waals surface area contributed by atoms with Crippen molar-refractivity contribution < 1.29 is 9.47 Å². The molecule has 0 aliphatic rings. The van der Waals surface area contributed by atoms with E-state index in [9.17, 15) is 0 Å². The van der Waals surface area contributed by atoms with Gasteiger partial charge < -0.3 is 15.2 Å². The molecule has 1 aromatic carbocycles. The highest BCUT2D eigenvalue weighted by molar-refractivity contribution is 5.46. The second-order valence-corrected chi connectivity index (χ2v) is 3.98. The second kappa shape index (κ2) is 6.38. The predicted molar refractivity (Wildman–Crippen MR) is 66.1 cm³/mol. The molecule has 0 spiro atoms. The molecule has 1 aromatic rings. The van der Waals surface area contributed by atoms with Crippen LogP contribution in [-0.2, 0) is 6.42 Å². The molecular weight excluding hydrogens is 202 g/mol. The summed E-state index contributed by atoms with van der Waals surface area (Å²) in [5.41, 5.74) is 6.93. The van der Waals surface area contributed by atoms with Gasteiger partial charge in [-0.3, -0.25) is 0 Å². The summed E-state index contributed by atoms with van der Waals surface area (Å²) in [4.78, 5) is 0. The molecule has 0 aromatic heterocycles. The number of hydrogen-bond acceptors (Lipinski definition) is 3. The zero-order valence-electron chi connectivity index (χ0n) is 10.3. The second-order valence-electron chi connectivity index (χ2n) is 3.98. The maximum absolute atomic E-state index is 5.82. The molecule has 0 saturated carbocycles. The van der Waals surface area contributed by atoms with Crippen molar-refractivity contribution in [3.8, 4) is 11.5 Å². The topological polar surface area (TPSA) is 44.5 Å². The quantitative estimate of drug-likeness (QED) is 0.805. The van der Waals surface area contributed by atoms with Crippen LogP contribution in [0.1, 0.15) is 25.8 Å². The number of ether oxygens (including phenoxy) is 2. The Morgan fingerprint density at radius 3 is 2.69 bits per heavy atom. The van der Waals surface area contributed by atoms with Crippen LogP contribution >= 0.6 is 0 Å². The molecular formula is C13H21NO2. The number of rotatable bonds is 6. The summed E-state index contributed by atoms with van der Waals surface area (Å²) < 4.78 is 11.0. The molecule has 90 valence electrons. The van der Waals surface area contributed by atoms with Crippen molar-refractivity contribution in [2.24, 2.45) is 5.73 Å². The van der Waals surface area contributed by atoms with Crippen molar-refractivity contribution in [2.75, 3.05) is 13.7 Å². The van der Waals surface area contributed by atoms with Crippen LogP contribution < -0.4 is 15.2 Å². The van der Waals surface area contributed by atoms with Gasteiger partial charge >= 0.3 is 0 Å². The van der Waals surface area contributed by atoms with Crippen LogP contribution in [0.25, 0.3) is 0 Å². The summed E-state index contributed by atoms with van der Waals surface area (Å²) in [5, 5.41) is 0. The number of para-hydroxylation sites is 1. The van der Waals surface area contributed by atoms with Crippen molar-refractivity contribution >= 4 is 0 Å². The summed E-state index contributed by atoms with van der Waals surface area (Å²) in [6, 6.07) is 6.04. The van der Waals surface area contributed by atoms with Gasteiger partial charge in [0.2, 0.25) is 0 Å². The van der Waals surface area contributed by atoms with E-state index < -0.39 is 0 Å². The largest absolute Gasteiger partial charge is 0.493 e. The molecule has 0 heterocycles. The van der Waals surface area contributed by atoms with E-state index in [1.807, 2.05) is 25.1 Å². The molecule has 1 rings (SSSR count). The van der Waals surface area contributed by atoms with Crippen LogP contribution in [0.3, 0.4) is 0 Å². The van der Waals surface area contributed by atoms with E-state index in [4.69, 9.17) is 15.2 Å². The molecule has 0 aliphatic heterocycles. The minimum Gasteiger partial charge on any atom is -0.493 e. The minimum absolute atomic E-state index is 0.121. The zero-order valence-corrected chi connectivity index (χ0v) is 10.3. The lowest BCUT2D eigenvalue weighted by atomic mass is 10.1. The number of methoxy groups -OCH3 is 1. The first-order chi connectivity index (χ1) is 7.69. The highest BCUT2D eigenvalue weighted by Gasteiger charge is 2.11. The lowest BCUT2D eigenvalue weighted by molar-refractivity contribution is 0.290. The third kappa shape index (κ3) is 3.42. The number of hydrogen-bond donors (Lipinski definition) is 1. The van der Waals surface area contributed by atoms with Crippen molar-refractivity contribution in [1.29, 1.82) is 0 Å². The SMILES string of the molecule is CCCOc1c(CC(C)N)cccc1OC. The summed E-state index contributed by atoms with van der Waals surface area (Å²) in [6.45, 7) is 4.77.